The zero-order chi connectivity index (χ0) is 29.7. The minimum atomic E-state index is -1.29. The third kappa shape index (κ3) is 6.41. The molecule has 228 valence electrons. The fourth-order valence-corrected chi connectivity index (χ4v) is 7.39. The van der Waals surface area contributed by atoms with Crippen LogP contribution in [0.2, 0.25) is 0 Å². The van der Waals surface area contributed by atoms with Crippen LogP contribution >= 0.6 is 15.9 Å². The molecule has 41 heavy (non-hydrogen) atoms. The van der Waals surface area contributed by atoms with Gasteiger partial charge in [-0.3, -0.25) is 19.2 Å². The van der Waals surface area contributed by atoms with Gasteiger partial charge in [0.05, 0.1) is 12.5 Å². The lowest BCUT2D eigenvalue weighted by molar-refractivity contribution is -0.158. The lowest BCUT2D eigenvalue weighted by Gasteiger charge is -2.38. The van der Waals surface area contributed by atoms with Crippen molar-refractivity contribution in [1.82, 2.24) is 15.1 Å². The number of hydrogen-bond donors (Lipinski definition) is 2. The van der Waals surface area contributed by atoms with Gasteiger partial charge in [0, 0.05) is 36.6 Å². The van der Waals surface area contributed by atoms with Gasteiger partial charge in [-0.2, -0.15) is 0 Å². The number of carbonyl (C=O) groups excluding carboxylic acids is 4. The van der Waals surface area contributed by atoms with E-state index in [1.54, 1.807) is 16.7 Å². The summed E-state index contributed by atoms with van der Waals surface area (Å²) in [6.45, 7) is 6.76. The first-order chi connectivity index (χ1) is 19.7. The molecule has 11 heteroatoms. The highest BCUT2D eigenvalue weighted by molar-refractivity contribution is 9.11. The second-order valence-corrected chi connectivity index (χ2v) is 12.6. The Morgan fingerprint density at radius 1 is 1.15 bits per heavy atom. The van der Waals surface area contributed by atoms with Gasteiger partial charge in [-0.1, -0.05) is 54.3 Å². The molecule has 0 aliphatic carbocycles. The number of hydrogen-bond acceptors (Lipinski definition) is 7. The van der Waals surface area contributed by atoms with Crippen LogP contribution in [0.5, 0.6) is 0 Å². The summed E-state index contributed by atoms with van der Waals surface area (Å²) in [5, 5.41) is 12.0. The summed E-state index contributed by atoms with van der Waals surface area (Å²) >= 11 is 3.57. The van der Waals surface area contributed by atoms with Gasteiger partial charge >= 0.3 is 5.97 Å². The molecule has 4 aliphatic rings. The molecule has 7 atom stereocenters. The molecule has 1 spiro atoms. The van der Waals surface area contributed by atoms with Gasteiger partial charge in [-0.15, -0.1) is 0 Å². The Labute approximate surface area is 251 Å². The number of amides is 3. The minimum absolute atomic E-state index is 0.0906. The van der Waals surface area contributed by atoms with Crippen LogP contribution in [-0.4, -0.2) is 94.7 Å². The second kappa shape index (κ2) is 13.8. The summed E-state index contributed by atoms with van der Waals surface area (Å²) in [5.74, 6) is -2.99. The number of aliphatic hydroxyl groups excluding tert-OH is 1. The summed E-state index contributed by atoms with van der Waals surface area (Å²) in [6.07, 6.45) is 9.79. The summed E-state index contributed by atoms with van der Waals surface area (Å²) in [5.41, 5.74) is -1.29. The first-order valence-corrected chi connectivity index (χ1v) is 15.9. The molecule has 4 heterocycles. The van der Waals surface area contributed by atoms with Crippen molar-refractivity contribution in [3.63, 3.8) is 0 Å². The lowest BCUT2D eigenvalue weighted by atomic mass is 9.74. The Morgan fingerprint density at radius 2 is 1.90 bits per heavy atom. The molecule has 2 N–H and O–H groups in total. The SMILES string of the molecule is CCCC(C)N1C/C=C\CCC(=O)NC[C@H](C)OC(=O)[C@H]2[C@@H]3O[C@@]4(C=C3Br)[C@@H]2C(=O)N(CCCCCCO)[C@@H]4C1=O. The van der Waals surface area contributed by atoms with Crippen molar-refractivity contribution in [2.75, 3.05) is 26.2 Å². The number of unbranched alkanes of at least 4 members (excludes halogenated alkanes) is 3. The standard InChI is InChI=1S/C30H44BrN3O7/c1-4-12-19(2)33-14-10-7-8-13-22(36)32-18-20(3)40-29(39)23-24-27(37)34(15-9-5-6-11-16-35)26(28(33)38)30(24)17-21(31)25(23)41-30/h7,10,17,19-20,23-26,35H,4-6,8-9,11-16,18H2,1-3H3,(H,32,36)/b10-7-/t19?,20-,23+,24-,25+,26+,30-/m0/s1. The Kier molecular flexibility index (Phi) is 10.7. The van der Waals surface area contributed by atoms with E-state index in [1.165, 1.54) is 0 Å². The molecule has 0 saturated carbocycles. The van der Waals surface area contributed by atoms with E-state index >= 15 is 0 Å². The third-order valence-electron chi connectivity index (χ3n) is 8.67. The number of esters is 1. The van der Waals surface area contributed by atoms with E-state index in [0.29, 0.717) is 36.8 Å². The second-order valence-electron chi connectivity index (χ2n) is 11.7. The molecule has 5 bridgehead atoms. The predicted molar refractivity (Wildman–Crippen MR) is 156 cm³/mol. The molecule has 10 nitrogen and oxygen atoms in total. The summed E-state index contributed by atoms with van der Waals surface area (Å²) in [4.78, 5) is 58.1. The van der Waals surface area contributed by atoms with E-state index in [2.05, 4.69) is 28.2 Å². The van der Waals surface area contributed by atoms with Crippen molar-refractivity contribution in [3.8, 4) is 0 Å². The molecule has 0 aromatic carbocycles. The maximum Gasteiger partial charge on any atom is 0.313 e. The first-order valence-electron chi connectivity index (χ1n) is 15.1. The molecule has 1 unspecified atom stereocenters. The number of nitrogens with one attached hydrogen (secondary N) is 1. The van der Waals surface area contributed by atoms with E-state index in [4.69, 9.17) is 14.6 Å². The summed E-state index contributed by atoms with van der Waals surface area (Å²) in [6, 6.07) is -1.01. The highest BCUT2D eigenvalue weighted by Gasteiger charge is 2.74. The minimum Gasteiger partial charge on any atom is -0.460 e. The Hall–Kier alpha value is -2.24. The van der Waals surface area contributed by atoms with Gasteiger partial charge in [-0.05, 0) is 45.6 Å². The molecule has 0 aromatic heterocycles. The fraction of sp³-hybridized carbons (Fsp3) is 0.733. The van der Waals surface area contributed by atoms with Gasteiger partial charge in [0.15, 0.2) is 0 Å². The van der Waals surface area contributed by atoms with E-state index < -0.39 is 41.7 Å². The van der Waals surface area contributed by atoms with Gasteiger partial charge in [-0.25, -0.2) is 0 Å². The Morgan fingerprint density at radius 3 is 2.63 bits per heavy atom. The van der Waals surface area contributed by atoms with Crippen LogP contribution in [0.4, 0.5) is 0 Å². The topological polar surface area (TPSA) is 125 Å². The quantitative estimate of drug-likeness (QED) is 0.226. The smallest absolute Gasteiger partial charge is 0.313 e. The van der Waals surface area contributed by atoms with Crippen LogP contribution in [0.15, 0.2) is 22.7 Å². The molecule has 2 saturated heterocycles. The van der Waals surface area contributed by atoms with E-state index in [0.717, 1.165) is 25.7 Å². The van der Waals surface area contributed by atoms with Crippen molar-refractivity contribution in [3.05, 3.63) is 22.7 Å². The summed E-state index contributed by atoms with van der Waals surface area (Å²) in [7, 11) is 0. The van der Waals surface area contributed by atoms with E-state index in [1.807, 2.05) is 25.2 Å². The van der Waals surface area contributed by atoms with Crippen LogP contribution in [0, 0.1) is 11.8 Å². The van der Waals surface area contributed by atoms with Crippen molar-refractivity contribution in [2.24, 2.45) is 11.8 Å². The van der Waals surface area contributed by atoms with Crippen LogP contribution in [-0.2, 0) is 28.7 Å². The third-order valence-corrected chi connectivity index (χ3v) is 9.35. The number of halogens is 1. The molecule has 4 aliphatic heterocycles. The number of rotatable bonds is 9. The number of fused-ring (bicyclic) bond motifs is 2. The Bertz CT molecular complexity index is 1060. The number of likely N-dealkylation sites (tertiary alicyclic amines) is 1. The van der Waals surface area contributed by atoms with E-state index in [9.17, 15) is 19.2 Å². The molecular weight excluding hydrogens is 594 g/mol. The van der Waals surface area contributed by atoms with Gasteiger partial charge in [0.25, 0.3) is 0 Å². The number of carbonyl (C=O) groups is 4. The highest BCUT2D eigenvalue weighted by atomic mass is 79.9. The number of aliphatic hydroxyl groups is 1. The van der Waals surface area contributed by atoms with Crippen LogP contribution < -0.4 is 5.32 Å². The normalized spacial score (nSPS) is 33.9. The number of allylic oxidation sites excluding steroid dienone is 1. The zero-order valence-electron chi connectivity index (χ0n) is 24.4. The summed E-state index contributed by atoms with van der Waals surface area (Å²) < 4.78 is 12.9. The molecule has 2 fully saturated rings. The molecule has 3 amide bonds. The molecule has 4 rings (SSSR count). The number of ether oxygens (including phenoxy) is 2. The fourth-order valence-electron chi connectivity index (χ4n) is 6.66. The van der Waals surface area contributed by atoms with E-state index in [-0.39, 0.29) is 43.3 Å². The average Bonchev–Trinajstić information content (AvgIpc) is 3.52. The molecule has 0 radical (unpaired) electrons. The first kappa shape index (κ1) is 31.7. The zero-order valence-corrected chi connectivity index (χ0v) is 25.9. The van der Waals surface area contributed by atoms with Crippen molar-refractivity contribution < 1.29 is 33.8 Å². The molecule has 0 aromatic rings. The van der Waals surface area contributed by atoms with Crippen molar-refractivity contribution >= 4 is 39.6 Å². The average molecular weight is 639 g/mol. The van der Waals surface area contributed by atoms with Crippen molar-refractivity contribution in [2.45, 2.75) is 102 Å². The maximum atomic E-state index is 14.6. The van der Waals surface area contributed by atoms with Crippen LogP contribution in [0.3, 0.4) is 0 Å². The van der Waals surface area contributed by atoms with Gasteiger partial charge in [0.2, 0.25) is 17.7 Å². The predicted octanol–water partition coefficient (Wildman–Crippen LogP) is 2.83. The maximum absolute atomic E-state index is 14.6. The van der Waals surface area contributed by atoms with Gasteiger partial charge in [0.1, 0.15) is 29.8 Å². The largest absolute Gasteiger partial charge is 0.460 e. The lowest BCUT2D eigenvalue weighted by Crippen LogP contribution is -2.57. The van der Waals surface area contributed by atoms with Crippen LogP contribution in [0.25, 0.3) is 0 Å². The van der Waals surface area contributed by atoms with Crippen LogP contribution in [0.1, 0.15) is 72.1 Å². The number of nitrogens with zero attached hydrogens (tertiary/aromatic N) is 2. The van der Waals surface area contributed by atoms with Gasteiger partial charge < -0.3 is 29.7 Å². The number of cyclic esters (lactones) is 1. The van der Waals surface area contributed by atoms with Crippen molar-refractivity contribution in [1.29, 1.82) is 0 Å². The highest BCUT2D eigenvalue weighted by Crippen LogP contribution is 2.59. The monoisotopic (exact) mass is 637 g/mol. The molecular formula is C30H44BrN3O7. The Balaban J connectivity index is 1.75.